The van der Waals surface area contributed by atoms with E-state index in [1.54, 1.807) is 30.8 Å². The van der Waals surface area contributed by atoms with Crippen LogP contribution in [0.15, 0.2) is 59.0 Å². The zero-order chi connectivity index (χ0) is 13.1. The van der Waals surface area contributed by atoms with Crippen molar-refractivity contribution < 1.29 is 4.74 Å². The number of ether oxygens (including phenoxy) is 1. The van der Waals surface area contributed by atoms with E-state index in [2.05, 4.69) is 40.8 Å². The average Bonchev–Trinajstić information content (AvgIpc) is 2.98. The first kappa shape index (κ1) is 12.6. The largest absolute Gasteiger partial charge is 0.497 e. The average molecular weight is 287 g/mol. The normalized spacial score (nSPS) is 18.2. The van der Waals surface area contributed by atoms with Crippen LogP contribution in [0.3, 0.4) is 0 Å². The van der Waals surface area contributed by atoms with Crippen molar-refractivity contribution in [2.45, 2.75) is 4.58 Å². The molecule has 2 aromatic carbocycles. The lowest BCUT2D eigenvalue weighted by molar-refractivity contribution is 0.415. The number of benzene rings is 2. The summed E-state index contributed by atoms with van der Waals surface area (Å²) >= 11 is 3.43. The third kappa shape index (κ3) is 2.80. The summed E-state index contributed by atoms with van der Waals surface area (Å²) in [7, 11) is 1.68. The third-order valence-electron chi connectivity index (χ3n) is 2.86. The van der Waals surface area contributed by atoms with Gasteiger partial charge < -0.3 is 4.74 Å². The van der Waals surface area contributed by atoms with E-state index in [0.717, 1.165) is 16.4 Å². The summed E-state index contributed by atoms with van der Waals surface area (Å²) in [4.78, 5) is 0. The first-order valence-electron chi connectivity index (χ1n) is 5.96. The van der Waals surface area contributed by atoms with Crippen LogP contribution in [0.25, 0.3) is 0 Å². The van der Waals surface area contributed by atoms with Crippen molar-refractivity contribution in [3.8, 4) is 5.75 Å². The highest BCUT2D eigenvalue weighted by Gasteiger charge is 2.23. The van der Waals surface area contributed by atoms with Gasteiger partial charge in [-0.1, -0.05) is 42.1 Å². The van der Waals surface area contributed by atoms with Crippen molar-refractivity contribution in [2.75, 3.05) is 7.11 Å². The SMILES string of the molecule is COc1ccc(C2=NSC(c3ccccc3)S2)cc1. The van der Waals surface area contributed by atoms with Gasteiger partial charge in [-0.05, 0) is 41.8 Å². The molecular weight excluding hydrogens is 274 g/mol. The molecule has 0 spiro atoms. The van der Waals surface area contributed by atoms with Crippen molar-refractivity contribution in [3.63, 3.8) is 0 Å². The molecule has 0 amide bonds. The Morgan fingerprint density at radius 2 is 1.74 bits per heavy atom. The van der Waals surface area contributed by atoms with Crippen LogP contribution >= 0.6 is 23.7 Å². The molecule has 1 aliphatic heterocycles. The minimum Gasteiger partial charge on any atom is -0.497 e. The van der Waals surface area contributed by atoms with Gasteiger partial charge in [0.1, 0.15) is 15.4 Å². The van der Waals surface area contributed by atoms with E-state index in [4.69, 9.17) is 4.74 Å². The van der Waals surface area contributed by atoms with E-state index >= 15 is 0 Å². The molecule has 0 radical (unpaired) electrons. The van der Waals surface area contributed by atoms with Crippen LogP contribution in [-0.4, -0.2) is 12.2 Å². The molecule has 2 aromatic rings. The molecule has 0 saturated heterocycles. The van der Waals surface area contributed by atoms with Gasteiger partial charge in [-0.3, -0.25) is 0 Å². The Morgan fingerprint density at radius 3 is 2.42 bits per heavy atom. The van der Waals surface area contributed by atoms with E-state index < -0.39 is 0 Å². The Hall–Kier alpha value is -1.39. The molecule has 19 heavy (non-hydrogen) atoms. The zero-order valence-electron chi connectivity index (χ0n) is 10.4. The van der Waals surface area contributed by atoms with Crippen LogP contribution in [0.4, 0.5) is 0 Å². The lowest BCUT2D eigenvalue weighted by Crippen LogP contribution is -1.93. The Morgan fingerprint density at radius 1 is 1.00 bits per heavy atom. The Balaban J connectivity index is 1.74. The Bertz CT molecular complexity index is 581. The molecule has 0 N–H and O–H groups in total. The number of rotatable bonds is 3. The molecule has 0 aromatic heterocycles. The highest BCUT2D eigenvalue weighted by atomic mass is 32.2. The van der Waals surface area contributed by atoms with Gasteiger partial charge in [0.2, 0.25) is 0 Å². The van der Waals surface area contributed by atoms with Gasteiger partial charge in [0.15, 0.2) is 0 Å². The van der Waals surface area contributed by atoms with Gasteiger partial charge in [-0.25, -0.2) is 4.40 Å². The summed E-state index contributed by atoms with van der Waals surface area (Å²) in [6.07, 6.45) is 0. The second kappa shape index (κ2) is 5.72. The van der Waals surface area contributed by atoms with Gasteiger partial charge in [-0.15, -0.1) is 0 Å². The molecule has 1 aliphatic rings. The van der Waals surface area contributed by atoms with E-state index in [1.165, 1.54) is 5.56 Å². The third-order valence-corrected chi connectivity index (χ3v) is 5.31. The predicted octanol–water partition coefficient (Wildman–Crippen LogP) is 4.54. The molecule has 1 atom stereocenters. The van der Waals surface area contributed by atoms with Crippen LogP contribution < -0.4 is 4.74 Å². The molecular formula is C15H13NOS2. The van der Waals surface area contributed by atoms with E-state index in [0.29, 0.717) is 4.58 Å². The van der Waals surface area contributed by atoms with Gasteiger partial charge in [-0.2, -0.15) is 0 Å². The fraction of sp³-hybridized carbons (Fsp3) is 0.133. The summed E-state index contributed by atoms with van der Waals surface area (Å²) < 4.78 is 10.1. The van der Waals surface area contributed by atoms with Gasteiger partial charge >= 0.3 is 0 Å². The van der Waals surface area contributed by atoms with Crippen LogP contribution in [0, 0.1) is 0 Å². The number of nitrogens with zero attached hydrogens (tertiary/aromatic N) is 1. The van der Waals surface area contributed by atoms with Crippen LogP contribution in [-0.2, 0) is 0 Å². The molecule has 0 aliphatic carbocycles. The summed E-state index contributed by atoms with van der Waals surface area (Å²) in [5.41, 5.74) is 2.46. The molecule has 0 bridgehead atoms. The fourth-order valence-corrected chi connectivity index (χ4v) is 4.05. The lowest BCUT2D eigenvalue weighted by Gasteiger charge is -2.07. The maximum Gasteiger partial charge on any atom is 0.118 e. The number of methoxy groups -OCH3 is 1. The topological polar surface area (TPSA) is 21.6 Å². The van der Waals surface area contributed by atoms with Crippen molar-refractivity contribution >= 4 is 28.8 Å². The molecule has 0 fully saturated rings. The molecule has 3 rings (SSSR count). The monoisotopic (exact) mass is 287 g/mol. The molecule has 0 saturated carbocycles. The molecule has 1 unspecified atom stereocenters. The molecule has 2 nitrogen and oxygen atoms in total. The molecule has 1 heterocycles. The minimum atomic E-state index is 0.360. The maximum atomic E-state index is 5.17. The quantitative estimate of drug-likeness (QED) is 0.774. The Kier molecular flexibility index (Phi) is 3.80. The van der Waals surface area contributed by atoms with E-state index in [1.807, 2.05) is 18.2 Å². The maximum absolute atomic E-state index is 5.17. The molecule has 96 valence electrons. The summed E-state index contributed by atoms with van der Waals surface area (Å²) in [5.74, 6) is 0.875. The smallest absolute Gasteiger partial charge is 0.118 e. The van der Waals surface area contributed by atoms with Crippen LogP contribution in [0.1, 0.15) is 15.7 Å². The molecule has 4 heteroatoms. The highest BCUT2D eigenvalue weighted by molar-refractivity contribution is 8.27. The number of hydrogen-bond acceptors (Lipinski definition) is 4. The number of thioether (sulfide) groups is 1. The first-order chi connectivity index (χ1) is 9.36. The zero-order valence-corrected chi connectivity index (χ0v) is 12.1. The van der Waals surface area contributed by atoms with Crippen molar-refractivity contribution in [2.24, 2.45) is 4.40 Å². The van der Waals surface area contributed by atoms with Crippen LogP contribution in [0.2, 0.25) is 0 Å². The minimum absolute atomic E-state index is 0.360. The van der Waals surface area contributed by atoms with Gasteiger partial charge in [0.25, 0.3) is 0 Å². The van der Waals surface area contributed by atoms with Crippen molar-refractivity contribution in [1.29, 1.82) is 0 Å². The second-order valence-electron chi connectivity index (χ2n) is 4.09. The first-order valence-corrected chi connectivity index (χ1v) is 7.68. The summed E-state index contributed by atoms with van der Waals surface area (Å²) in [6, 6.07) is 18.5. The van der Waals surface area contributed by atoms with Crippen molar-refractivity contribution in [3.05, 3.63) is 65.7 Å². The fourth-order valence-electron chi connectivity index (χ4n) is 1.83. The van der Waals surface area contributed by atoms with Crippen molar-refractivity contribution in [1.82, 2.24) is 0 Å². The predicted molar refractivity (Wildman–Crippen MR) is 83.9 cm³/mol. The lowest BCUT2D eigenvalue weighted by atomic mass is 10.2. The second-order valence-corrected chi connectivity index (χ2v) is 6.35. The van der Waals surface area contributed by atoms with Gasteiger partial charge in [0, 0.05) is 5.56 Å². The number of hydrogen-bond donors (Lipinski definition) is 0. The summed E-state index contributed by atoms with van der Waals surface area (Å²) in [6.45, 7) is 0. The standard InChI is InChI=1S/C15H13NOS2/c1-17-13-9-7-11(8-10-13)14-16-19-15(18-14)12-5-3-2-4-6-12/h2-10,15H,1H3. The van der Waals surface area contributed by atoms with Crippen LogP contribution in [0.5, 0.6) is 5.75 Å². The summed E-state index contributed by atoms with van der Waals surface area (Å²) in [5, 5.41) is 1.08. The van der Waals surface area contributed by atoms with Gasteiger partial charge in [0.05, 0.1) is 7.11 Å². The highest BCUT2D eigenvalue weighted by Crippen LogP contribution is 2.48. The Labute approximate surface area is 121 Å². The van der Waals surface area contributed by atoms with E-state index in [9.17, 15) is 0 Å². The van der Waals surface area contributed by atoms with E-state index in [-0.39, 0.29) is 0 Å².